The number of para-hydroxylation sites is 1. The molecular weight excluding hydrogens is 248 g/mol. The maximum absolute atomic E-state index is 8.74. The molecule has 0 amide bonds. The third-order valence-corrected chi connectivity index (χ3v) is 3.27. The summed E-state index contributed by atoms with van der Waals surface area (Å²) in [4.78, 5) is 2.09. The molecule has 3 heteroatoms. The van der Waals surface area contributed by atoms with Crippen LogP contribution in [0.4, 0.5) is 5.69 Å². The van der Waals surface area contributed by atoms with Crippen LogP contribution in [-0.2, 0) is 0 Å². The summed E-state index contributed by atoms with van der Waals surface area (Å²) in [7, 11) is 2.00. The summed E-state index contributed by atoms with van der Waals surface area (Å²) in [5.74, 6) is 1.63. The van der Waals surface area contributed by atoms with Crippen molar-refractivity contribution >= 4 is 5.69 Å². The van der Waals surface area contributed by atoms with Crippen LogP contribution >= 0.6 is 0 Å². The zero-order chi connectivity index (χ0) is 14.4. The average Bonchev–Trinajstić information content (AvgIpc) is 2.48. The van der Waals surface area contributed by atoms with Gasteiger partial charge in [0.05, 0.1) is 12.5 Å². The fraction of sp³-hybridized carbons (Fsp3) is 0.235. The van der Waals surface area contributed by atoms with Gasteiger partial charge in [0, 0.05) is 18.8 Å². The summed E-state index contributed by atoms with van der Waals surface area (Å²) < 4.78 is 5.75. The van der Waals surface area contributed by atoms with Crippen molar-refractivity contribution in [3.8, 4) is 17.6 Å². The highest BCUT2D eigenvalue weighted by molar-refractivity contribution is 5.49. The van der Waals surface area contributed by atoms with Gasteiger partial charge in [-0.25, -0.2) is 0 Å². The molecule has 0 fully saturated rings. The molecule has 0 radical (unpaired) electrons. The number of benzene rings is 2. The van der Waals surface area contributed by atoms with Crippen LogP contribution in [0.1, 0.15) is 13.3 Å². The number of ether oxygens (including phenoxy) is 1. The van der Waals surface area contributed by atoms with Crippen molar-refractivity contribution in [2.75, 3.05) is 11.9 Å². The molecule has 0 N–H and O–H groups in total. The van der Waals surface area contributed by atoms with E-state index in [2.05, 4.69) is 11.0 Å². The molecule has 0 heterocycles. The van der Waals surface area contributed by atoms with E-state index in [0.717, 1.165) is 17.2 Å². The Bertz CT molecular complexity index is 572. The molecule has 2 aromatic carbocycles. The summed E-state index contributed by atoms with van der Waals surface area (Å²) >= 11 is 0. The lowest BCUT2D eigenvalue weighted by Gasteiger charge is -2.25. The standard InChI is InChI=1S/C17H18N2O/c1-14(12-13-18)19(2)15-8-10-17(11-9-15)20-16-6-4-3-5-7-16/h3-11,14H,12H2,1-2H3. The van der Waals surface area contributed by atoms with Gasteiger partial charge in [0.15, 0.2) is 0 Å². The molecule has 0 bridgehead atoms. The molecule has 1 unspecified atom stereocenters. The van der Waals surface area contributed by atoms with E-state index >= 15 is 0 Å². The number of hydrogen-bond acceptors (Lipinski definition) is 3. The molecule has 0 spiro atoms. The van der Waals surface area contributed by atoms with Crippen LogP contribution in [-0.4, -0.2) is 13.1 Å². The second-order valence-electron chi connectivity index (χ2n) is 4.73. The number of rotatable bonds is 5. The molecule has 102 valence electrons. The Morgan fingerprint density at radius 1 is 1.05 bits per heavy atom. The van der Waals surface area contributed by atoms with Crippen molar-refractivity contribution in [2.24, 2.45) is 0 Å². The number of nitrogens with zero attached hydrogens (tertiary/aromatic N) is 2. The number of anilines is 1. The Labute approximate surface area is 120 Å². The minimum Gasteiger partial charge on any atom is -0.457 e. The molecule has 0 saturated heterocycles. The van der Waals surface area contributed by atoms with Crippen LogP contribution in [0.15, 0.2) is 54.6 Å². The highest BCUT2D eigenvalue weighted by atomic mass is 16.5. The lowest BCUT2D eigenvalue weighted by atomic mass is 10.2. The lowest BCUT2D eigenvalue weighted by molar-refractivity contribution is 0.482. The Hall–Kier alpha value is -2.47. The minimum atomic E-state index is 0.195. The SMILES string of the molecule is CC(CC#N)N(C)c1ccc(Oc2ccccc2)cc1. The molecule has 0 aromatic heterocycles. The highest BCUT2D eigenvalue weighted by Crippen LogP contribution is 2.24. The van der Waals surface area contributed by atoms with Crippen molar-refractivity contribution in [3.63, 3.8) is 0 Å². The van der Waals surface area contributed by atoms with Crippen LogP contribution in [0.3, 0.4) is 0 Å². The van der Waals surface area contributed by atoms with E-state index in [1.165, 1.54) is 0 Å². The van der Waals surface area contributed by atoms with Gasteiger partial charge in [-0.2, -0.15) is 5.26 Å². The fourth-order valence-corrected chi connectivity index (χ4v) is 1.90. The molecule has 20 heavy (non-hydrogen) atoms. The van der Waals surface area contributed by atoms with E-state index in [4.69, 9.17) is 10.00 Å². The Morgan fingerprint density at radius 2 is 1.65 bits per heavy atom. The zero-order valence-corrected chi connectivity index (χ0v) is 11.8. The van der Waals surface area contributed by atoms with E-state index in [9.17, 15) is 0 Å². The molecule has 0 saturated carbocycles. The maximum Gasteiger partial charge on any atom is 0.127 e. The van der Waals surface area contributed by atoms with Gasteiger partial charge in [0.2, 0.25) is 0 Å². The average molecular weight is 266 g/mol. The van der Waals surface area contributed by atoms with Gasteiger partial charge in [-0.3, -0.25) is 0 Å². The van der Waals surface area contributed by atoms with Crippen molar-refractivity contribution in [1.82, 2.24) is 0 Å². The largest absolute Gasteiger partial charge is 0.457 e. The molecule has 0 aliphatic rings. The predicted molar refractivity (Wildman–Crippen MR) is 81.1 cm³/mol. The monoisotopic (exact) mass is 266 g/mol. The lowest BCUT2D eigenvalue weighted by Crippen LogP contribution is -2.28. The molecule has 3 nitrogen and oxygen atoms in total. The van der Waals surface area contributed by atoms with Crippen LogP contribution in [0.5, 0.6) is 11.5 Å². The molecule has 0 aliphatic carbocycles. The zero-order valence-electron chi connectivity index (χ0n) is 11.8. The van der Waals surface area contributed by atoms with Crippen molar-refractivity contribution in [1.29, 1.82) is 5.26 Å². The second kappa shape index (κ2) is 6.63. The van der Waals surface area contributed by atoms with Gasteiger partial charge >= 0.3 is 0 Å². The Kier molecular flexibility index (Phi) is 4.62. The summed E-state index contributed by atoms with van der Waals surface area (Å²) in [6, 6.07) is 20.0. The van der Waals surface area contributed by atoms with E-state index < -0.39 is 0 Å². The van der Waals surface area contributed by atoms with Crippen LogP contribution in [0, 0.1) is 11.3 Å². The molecule has 2 aromatic rings. The first-order valence-electron chi connectivity index (χ1n) is 6.63. The smallest absolute Gasteiger partial charge is 0.127 e. The molecule has 1 atom stereocenters. The third-order valence-electron chi connectivity index (χ3n) is 3.27. The van der Waals surface area contributed by atoms with Gasteiger partial charge in [-0.05, 0) is 43.3 Å². The molecule has 0 aliphatic heterocycles. The van der Waals surface area contributed by atoms with Crippen molar-refractivity contribution < 1.29 is 4.74 Å². The van der Waals surface area contributed by atoms with Gasteiger partial charge in [-0.1, -0.05) is 18.2 Å². The second-order valence-corrected chi connectivity index (χ2v) is 4.73. The molecule has 2 rings (SSSR count). The quantitative estimate of drug-likeness (QED) is 0.813. The predicted octanol–water partition coefficient (Wildman–Crippen LogP) is 4.22. The fourth-order valence-electron chi connectivity index (χ4n) is 1.90. The topological polar surface area (TPSA) is 36.3 Å². The van der Waals surface area contributed by atoms with Gasteiger partial charge in [-0.15, -0.1) is 0 Å². The van der Waals surface area contributed by atoms with E-state index in [0.29, 0.717) is 6.42 Å². The van der Waals surface area contributed by atoms with Crippen LogP contribution in [0.2, 0.25) is 0 Å². The van der Waals surface area contributed by atoms with Gasteiger partial charge < -0.3 is 9.64 Å². The first-order valence-corrected chi connectivity index (χ1v) is 6.63. The highest BCUT2D eigenvalue weighted by Gasteiger charge is 2.09. The number of nitriles is 1. The maximum atomic E-state index is 8.74. The minimum absolute atomic E-state index is 0.195. The van der Waals surface area contributed by atoms with Gasteiger partial charge in [0.1, 0.15) is 11.5 Å². The third kappa shape index (κ3) is 3.52. The Balaban J connectivity index is 2.05. The van der Waals surface area contributed by atoms with Crippen molar-refractivity contribution in [2.45, 2.75) is 19.4 Å². The summed E-state index contributed by atoms with van der Waals surface area (Å²) in [5, 5.41) is 8.74. The Morgan fingerprint density at radius 3 is 2.25 bits per heavy atom. The van der Waals surface area contributed by atoms with Gasteiger partial charge in [0.25, 0.3) is 0 Å². The first-order chi connectivity index (χ1) is 9.70. The van der Waals surface area contributed by atoms with Crippen molar-refractivity contribution in [3.05, 3.63) is 54.6 Å². The van der Waals surface area contributed by atoms with E-state index in [1.54, 1.807) is 0 Å². The summed E-state index contributed by atoms with van der Waals surface area (Å²) in [5.41, 5.74) is 1.08. The summed E-state index contributed by atoms with van der Waals surface area (Å²) in [6.07, 6.45) is 0.513. The van der Waals surface area contributed by atoms with Crippen LogP contribution < -0.4 is 9.64 Å². The normalized spacial score (nSPS) is 11.4. The van der Waals surface area contributed by atoms with E-state index in [-0.39, 0.29) is 6.04 Å². The molecular formula is C17H18N2O. The number of hydrogen-bond donors (Lipinski definition) is 0. The summed E-state index contributed by atoms with van der Waals surface area (Å²) in [6.45, 7) is 2.04. The van der Waals surface area contributed by atoms with Crippen LogP contribution in [0.25, 0.3) is 0 Å². The van der Waals surface area contributed by atoms with E-state index in [1.807, 2.05) is 68.6 Å². The first kappa shape index (κ1) is 14.0.